The Kier molecular flexibility index (Phi) is 7.58. The molecule has 0 saturated heterocycles. The van der Waals surface area contributed by atoms with E-state index in [1.54, 1.807) is 19.9 Å². The van der Waals surface area contributed by atoms with Crippen molar-refractivity contribution in [2.24, 2.45) is 0 Å². The molecule has 2 rings (SSSR count). The Bertz CT molecular complexity index is 1040. The third kappa shape index (κ3) is 5.90. The number of nitrogens with zero attached hydrogens (tertiary/aromatic N) is 1. The highest BCUT2D eigenvalue weighted by Gasteiger charge is 2.34. The molecule has 0 fully saturated rings. The highest BCUT2D eigenvalue weighted by molar-refractivity contribution is 7.93. The van der Waals surface area contributed by atoms with Crippen molar-refractivity contribution in [3.8, 4) is 5.75 Å². The van der Waals surface area contributed by atoms with Gasteiger partial charge in [-0.2, -0.15) is 13.2 Å². The van der Waals surface area contributed by atoms with Crippen molar-refractivity contribution in [1.82, 2.24) is 5.32 Å². The molecule has 0 aliphatic rings. The Morgan fingerprint density at radius 2 is 1.87 bits per heavy atom. The predicted octanol–water partition coefficient (Wildman–Crippen LogP) is 4.13. The molecule has 2 aromatic carbocycles. The van der Waals surface area contributed by atoms with E-state index in [0.29, 0.717) is 22.4 Å². The number of sulfonamides is 1. The molecule has 1 N–H and O–H groups in total. The molecular formula is C21H25F3N2O4S. The summed E-state index contributed by atoms with van der Waals surface area (Å²) in [4.78, 5) is 12.3. The maximum absolute atomic E-state index is 13.5. The van der Waals surface area contributed by atoms with Crippen molar-refractivity contribution >= 4 is 21.6 Å². The van der Waals surface area contributed by atoms with Crippen LogP contribution in [0, 0.1) is 6.92 Å². The fourth-order valence-corrected chi connectivity index (χ4v) is 4.47. The lowest BCUT2D eigenvalue weighted by atomic mass is 10.2. The predicted molar refractivity (Wildman–Crippen MR) is 112 cm³/mol. The van der Waals surface area contributed by atoms with Gasteiger partial charge in [-0.05, 0) is 56.2 Å². The van der Waals surface area contributed by atoms with E-state index in [-0.39, 0.29) is 22.4 Å². The van der Waals surface area contributed by atoms with Crippen LogP contribution in [-0.2, 0) is 21.0 Å². The summed E-state index contributed by atoms with van der Waals surface area (Å²) in [5.41, 5.74) is -0.700. The molecule has 0 heterocycles. The molecule has 0 saturated carbocycles. The number of halogens is 3. The molecule has 0 aliphatic heterocycles. The number of benzene rings is 2. The Morgan fingerprint density at radius 3 is 2.45 bits per heavy atom. The Hall–Kier alpha value is -2.75. The van der Waals surface area contributed by atoms with Crippen LogP contribution in [0.1, 0.15) is 31.4 Å². The minimum Gasteiger partial charge on any atom is -0.495 e. The number of carbonyl (C=O) groups is 1. The lowest BCUT2D eigenvalue weighted by molar-refractivity contribution is -0.137. The summed E-state index contributed by atoms with van der Waals surface area (Å²) in [6.45, 7) is 4.56. The first kappa shape index (κ1) is 24.5. The summed E-state index contributed by atoms with van der Waals surface area (Å²) < 4.78 is 72.5. The molecule has 0 radical (unpaired) electrons. The van der Waals surface area contributed by atoms with Crippen molar-refractivity contribution in [3.05, 3.63) is 53.6 Å². The maximum Gasteiger partial charge on any atom is 0.416 e. The first-order valence-corrected chi connectivity index (χ1v) is 11.0. The lowest BCUT2D eigenvalue weighted by Crippen LogP contribution is -2.43. The molecule has 0 bridgehead atoms. The lowest BCUT2D eigenvalue weighted by Gasteiger charge is -2.26. The average molecular weight is 459 g/mol. The van der Waals surface area contributed by atoms with Crippen molar-refractivity contribution < 1.29 is 31.1 Å². The van der Waals surface area contributed by atoms with Crippen LogP contribution in [0.15, 0.2) is 47.4 Å². The number of rotatable bonds is 8. The number of ether oxygens (including phenoxy) is 1. The van der Waals surface area contributed by atoms with Gasteiger partial charge in [0.1, 0.15) is 17.2 Å². The zero-order valence-corrected chi connectivity index (χ0v) is 18.5. The van der Waals surface area contributed by atoms with Crippen LogP contribution >= 0.6 is 0 Å². The standard InChI is InChI=1S/C21H25F3N2O4S/c1-5-15(3)25-20(27)13-26(17-8-6-7-16(12-17)21(22,23)24)31(28,29)19-11-14(2)9-10-18(19)30-4/h6-12,15H,5,13H2,1-4H3,(H,25,27)/t15-/m1/s1. The monoisotopic (exact) mass is 458 g/mol. The van der Waals surface area contributed by atoms with Gasteiger partial charge in [0.2, 0.25) is 5.91 Å². The summed E-state index contributed by atoms with van der Waals surface area (Å²) in [7, 11) is -3.15. The molecule has 0 aliphatic carbocycles. The second kappa shape index (κ2) is 9.59. The zero-order valence-electron chi connectivity index (χ0n) is 17.7. The van der Waals surface area contributed by atoms with Crippen LogP contribution in [0.2, 0.25) is 0 Å². The van der Waals surface area contributed by atoms with Crippen LogP contribution in [0.5, 0.6) is 5.75 Å². The Balaban J connectivity index is 2.62. The number of aryl methyl sites for hydroxylation is 1. The molecule has 0 aromatic heterocycles. The summed E-state index contributed by atoms with van der Waals surface area (Å²) in [5.74, 6) is -0.619. The number of hydrogen-bond donors (Lipinski definition) is 1. The van der Waals surface area contributed by atoms with Gasteiger partial charge >= 0.3 is 6.18 Å². The van der Waals surface area contributed by atoms with Crippen LogP contribution in [0.25, 0.3) is 0 Å². The van der Waals surface area contributed by atoms with Gasteiger partial charge in [-0.1, -0.05) is 19.1 Å². The fraction of sp³-hybridized carbons (Fsp3) is 0.381. The van der Waals surface area contributed by atoms with Gasteiger partial charge in [0.05, 0.1) is 18.4 Å². The summed E-state index contributed by atoms with van der Waals surface area (Å²) in [5, 5.41) is 2.64. The van der Waals surface area contributed by atoms with E-state index in [0.717, 1.165) is 12.1 Å². The summed E-state index contributed by atoms with van der Waals surface area (Å²) in [6, 6.07) is 8.06. The van der Waals surface area contributed by atoms with Crippen molar-refractivity contribution in [1.29, 1.82) is 0 Å². The van der Waals surface area contributed by atoms with Gasteiger partial charge in [-0.25, -0.2) is 8.42 Å². The van der Waals surface area contributed by atoms with Gasteiger partial charge in [0.25, 0.3) is 10.0 Å². The van der Waals surface area contributed by atoms with Crippen LogP contribution < -0.4 is 14.4 Å². The molecule has 0 unspecified atom stereocenters. The molecule has 10 heteroatoms. The number of hydrogen-bond acceptors (Lipinski definition) is 4. The van der Waals surface area contributed by atoms with E-state index in [4.69, 9.17) is 4.74 Å². The number of methoxy groups -OCH3 is 1. The molecule has 1 atom stereocenters. The van der Waals surface area contributed by atoms with Crippen molar-refractivity contribution in [2.45, 2.75) is 44.3 Å². The van der Waals surface area contributed by atoms with E-state index in [1.807, 2.05) is 6.92 Å². The van der Waals surface area contributed by atoms with Crippen molar-refractivity contribution in [2.75, 3.05) is 18.0 Å². The first-order valence-electron chi connectivity index (χ1n) is 9.54. The van der Waals surface area contributed by atoms with Gasteiger partial charge in [0, 0.05) is 6.04 Å². The molecular weight excluding hydrogens is 433 g/mol. The third-order valence-electron chi connectivity index (χ3n) is 4.66. The van der Waals surface area contributed by atoms with Gasteiger partial charge in [-0.15, -0.1) is 0 Å². The molecule has 6 nitrogen and oxygen atoms in total. The quantitative estimate of drug-likeness (QED) is 0.645. The second-order valence-corrected chi connectivity index (χ2v) is 8.92. The van der Waals surface area contributed by atoms with E-state index < -0.39 is 34.2 Å². The number of amides is 1. The number of nitrogens with one attached hydrogen (secondary N) is 1. The Morgan fingerprint density at radius 1 is 1.19 bits per heavy atom. The van der Waals surface area contributed by atoms with E-state index in [1.165, 1.54) is 25.3 Å². The molecule has 170 valence electrons. The van der Waals surface area contributed by atoms with Gasteiger partial charge in [0.15, 0.2) is 0 Å². The van der Waals surface area contributed by atoms with Crippen LogP contribution in [0.4, 0.5) is 18.9 Å². The van der Waals surface area contributed by atoms with Gasteiger partial charge < -0.3 is 10.1 Å². The highest BCUT2D eigenvalue weighted by atomic mass is 32.2. The van der Waals surface area contributed by atoms with E-state index in [9.17, 15) is 26.4 Å². The molecule has 2 aromatic rings. The van der Waals surface area contributed by atoms with Crippen LogP contribution in [-0.4, -0.2) is 34.0 Å². The fourth-order valence-electron chi connectivity index (χ4n) is 2.81. The largest absolute Gasteiger partial charge is 0.495 e. The number of alkyl halides is 3. The highest BCUT2D eigenvalue weighted by Crippen LogP contribution is 2.35. The zero-order chi connectivity index (χ0) is 23.4. The van der Waals surface area contributed by atoms with E-state index in [2.05, 4.69) is 5.32 Å². The minimum atomic E-state index is -4.68. The normalized spacial score (nSPS) is 12.9. The average Bonchev–Trinajstić information content (AvgIpc) is 2.71. The molecule has 0 spiro atoms. The number of carbonyl (C=O) groups excluding carboxylic acids is 1. The number of anilines is 1. The van der Waals surface area contributed by atoms with E-state index >= 15 is 0 Å². The smallest absolute Gasteiger partial charge is 0.416 e. The van der Waals surface area contributed by atoms with Crippen LogP contribution in [0.3, 0.4) is 0 Å². The van der Waals surface area contributed by atoms with Gasteiger partial charge in [-0.3, -0.25) is 9.10 Å². The minimum absolute atomic E-state index is 0.0184. The topological polar surface area (TPSA) is 75.7 Å². The third-order valence-corrected chi connectivity index (χ3v) is 6.45. The molecule has 31 heavy (non-hydrogen) atoms. The molecule has 1 amide bonds. The first-order chi connectivity index (χ1) is 14.4. The SMILES string of the molecule is CC[C@@H](C)NC(=O)CN(c1cccc(C(F)(F)F)c1)S(=O)(=O)c1cc(C)ccc1OC. The second-order valence-electron chi connectivity index (χ2n) is 7.09. The summed E-state index contributed by atoms with van der Waals surface area (Å²) >= 11 is 0. The Labute approximate surface area is 180 Å². The maximum atomic E-state index is 13.5. The summed E-state index contributed by atoms with van der Waals surface area (Å²) in [6.07, 6.45) is -4.07. The van der Waals surface area contributed by atoms with Crippen molar-refractivity contribution in [3.63, 3.8) is 0 Å².